The monoisotopic (exact) mass is 411 g/mol. The van der Waals surface area contributed by atoms with Crippen molar-refractivity contribution >= 4 is 17.8 Å². The molecule has 1 fully saturated rings. The molecule has 2 aromatic rings. The Hall–Kier alpha value is -3.50. The number of amides is 4. The summed E-state index contributed by atoms with van der Waals surface area (Å²) < 4.78 is 51.0. The van der Waals surface area contributed by atoms with E-state index in [4.69, 9.17) is 9.15 Å². The molecule has 1 atom stereocenters. The van der Waals surface area contributed by atoms with Crippen LogP contribution in [0.15, 0.2) is 47.1 Å². The van der Waals surface area contributed by atoms with Crippen molar-refractivity contribution in [2.75, 3.05) is 13.7 Å². The number of methoxy groups -OCH3 is 1. The lowest BCUT2D eigenvalue weighted by molar-refractivity contribution is -0.200. The Bertz CT molecular complexity index is 912. The van der Waals surface area contributed by atoms with Crippen molar-refractivity contribution in [3.8, 4) is 5.75 Å². The van der Waals surface area contributed by atoms with Crippen LogP contribution in [0.2, 0.25) is 0 Å². The third kappa shape index (κ3) is 3.75. The summed E-state index contributed by atoms with van der Waals surface area (Å²) in [5, 5.41) is 3.13. The van der Waals surface area contributed by atoms with E-state index in [0.29, 0.717) is 16.2 Å². The zero-order valence-electron chi connectivity index (χ0n) is 15.1. The molecular formula is C18H16F3N3O5. The third-order valence-corrected chi connectivity index (χ3v) is 4.36. The molecule has 0 aliphatic carbocycles. The summed E-state index contributed by atoms with van der Waals surface area (Å²) in [7, 11) is 1.48. The van der Waals surface area contributed by atoms with Crippen LogP contribution < -0.4 is 15.4 Å². The van der Waals surface area contributed by atoms with Gasteiger partial charge in [-0.3, -0.25) is 19.8 Å². The van der Waals surface area contributed by atoms with Crippen molar-refractivity contribution in [2.45, 2.75) is 18.3 Å². The van der Waals surface area contributed by atoms with E-state index in [1.54, 1.807) is 34.9 Å². The van der Waals surface area contributed by atoms with Gasteiger partial charge in [-0.25, -0.2) is 4.79 Å². The van der Waals surface area contributed by atoms with Crippen LogP contribution in [0.1, 0.15) is 16.1 Å². The molecule has 1 unspecified atom stereocenters. The predicted molar refractivity (Wildman–Crippen MR) is 91.9 cm³/mol. The van der Waals surface area contributed by atoms with Crippen LogP contribution in [0.4, 0.5) is 18.0 Å². The Kier molecular flexibility index (Phi) is 5.23. The van der Waals surface area contributed by atoms with Crippen LogP contribution >= 0.6 is 0 Å². The molecule has 1 aromatic carbocycles. The number of carbonyl (C=O) groups is 3. The molecule has 0 bridgehead atoms. The van der Waals surface area contributed by atoms with E-state index in [-0.39, 0.29) is 13.0 Å². The molecule has 1 aromatic heterocycles. The molecule has 11 heteroatoms. The summed E-state index contributed by atoms with van der Waals surface area (Å²) >= 11 is 0. The summed E-state index contributed by atoms with van der Waals surface area (Å²) in [6, 6.07) is 7.77. The second kappa shape index (κ2) is 7.49. The van der Waals surface area contributed by atoms with Gasteiger partial charge in [0.15, 0.2) is 5.76 Å². The number of nitrogens with zero attached hydrogens (tertiary/aromatic N) is 1. The van der Waals surface area contributed by atoms with Crippen molar-refractivity contribution in [1.82, 2.24) is 15.5 Å². The molecule has 1 aliphatic rings. The zero-order chi connectivity index (χ0) is 21.2. The zero-order valence-corrected chi connectivity index (χ0v) is 15.1. The van der Waals surface area contributed by atoms with Crippen molar-refractivity contribution < 1.29 is 36.7 Å². The fourth-order valence-corrected chi connectivity index (χ4v) is 2.80. The Morgan fingerprint density at radius 3 is 2.48 bits per heavy atom. The van der Waals surface area contributed by atoms with Gasteiger partial charge in [-0.05, 0) is 36.2 Å². The fraction of sp³-hybridized carbons (Fsp3) is 0.278. The highest BCUT2D eigenvalue weighted by Gasteiger charge is 2.68. The molecule has 3 rings (SSSR count). The molecule has 0 radical (unpaired) electrons. The van der Waals surface area contributed by atoms with Gasteiger partial charge in [-0.15, -0.1) is 0 Å². The minimum atomic E-state index is -5.28. The summed E-state index contributed by atoms with van der Waals surface area (Å²) in [5.41, 5.74) is -2.90. The van der Waals surface area contributed by atoms with Gasteiger partial charge in [0.1, 0.15) is 5.75 Å². The molecular weight excluding hydrogens is 395 g/mol. The minimum absolute atomic E-state index is 0.114. The van der Waals surface area contributed by atoms with Gasteiger partial charge < -0.3 is 14.5 Å². The molecule has 1 aliphatic heterocycles. The fourth-order valence-electron chi connectivity index (χ4n) is 2.80. The lowest BCUT2D eigenvalue weighted by Gasteiger charge is -2.29. The highest BCUT2D eigenvalue weighted by atomic mass is 19.4. The Morgan fingerprint density at radius 2 is 1.93 bits per heavy atom. The molecule has 2 heterocycles. The molecule has 154 valence electrons. The van der Waals surface area contributed by atoms with Crippen molar-refractivity contribution in [3.63, 3.8) is 0 Å². The van der Waals surface area contributed by atoms with Crippen molar-refractivity contribution in [2.24, 2.45) is 0 Å². The SMILES string of the molecule is COc1ccc(CCN2C(=O)NC(NC(=O)c3ccco3)(C(F)(F)F)C2=O)cc1. The van der Waals surface area contributed by atoms with Crippen molar-refractivity contribution in [3.05, 3.63) is 54.0 Å². The van der Waals surface area contributed by atoms with E-state index in [0.717, 1.165) is 12.3 Å². The lowest BCUT2D eigenvalue weighted by atomic mass is 10.1. The maximum Gasteiger partial charge on any atom is 0.440 e. The van der Waals surface area contributed by atoms with Crippen LogP contribution in [0.3, 0.4) is 0 Å². The van der Waals surface area contributed by atoms with Crippen LogP contribution in [-0.2, 0) is 11.2 Å². The largest absolute Gasteiger partial charge is 0.497 e. The number of urea groups is 1. The second-order valence-corrected chi connectivity index (χ2v) is 6.16. The molecule has 29 heavy (non-hydrogen) atoms. The topological polar surface area (TPSA) is 101 Å². The smallest absolute Gasteiger partial charge is 0.440 e. The maximum atomic E-state index is 13.7. The molecule has 8 nitrogen and oxygen atoms in total. The first-order valence-electron chi connectivity index (χ1n) is 8.38. The van der Waals surface area contributed by atoms with Gasteiger partial charge in [0.2, 0.25) is 0 Å². The van der Waals surface area contributed by atoms with E-state index >= 15 is 0 Å². The normalized spacial score (nSPS) is 19.2. The van der Waals surface area contributed by atoms with Gasteiger partial charge in [-0.2, -0.15) is 13.2 Å². The highest BCUT2D eigenvalue weighted by molar-refractivity contribution is 6.10. The van der Waals surface area contributed by atoms with Crippen LogP contribution in [-0.4, -0.2) is 48.2 Å². The number of alkyl halides is 3. The molecule has 0 spiro atoms. The van der Waals surface area contributed by atoms with Crippen LogP contribution in [0.25, 0.3) is 0 Å². The number of benzene rings is 1. The van der Waals surface area contributed by atoms with E-state index in [9.17, 15) is 27.6 Å². The number of hydrogen-bond donors (Lipinski definition) is 2. The Balaban J connectivity index is 1.79. The number of imide groups is 1. The molecule has 4 amide bonds. The number of nitrogens with one attached hydrogen (secondary N) is 2. The van der Waals surface area contributed by atoms with E-state index in [1.807, 2.05) is 0 Å². The average molecular weight is 411 g/mol. The van der Waals surface area contributed by atoms with Crippen LogP contribution in [0.5, 0.6) is 5.75 Å². The summed E-state index contributed by atoms with van der Waals surface area (Å²) in [6.45, 7) is -0.314. The number of halogens is 3. The molecule has 0 saturated carbocycles. The van der Waals surface area contributed by atoms with Gasteiger partial charge in [0, 0.05) is 6.54 Å². The quantitative estimate of drug-likeness (QED) is 0.709. The molecule has 2 N–H and O–H groups in total. The Labute approximate surface area is 162 Å². The van der Waals surface area contributed by atoms with Gasteiger partial charge in [0.05, 0.1) is 13.4 Å². The number of carbonyl (C=O) groups excluding carboxylic acids is 3. The standard InChI is InChI=1S/C18H16F3N3O5/c1-28-12-6-4-11(5-7-12)8-9-24-15(26)17(18(19,20)21,23-16(24)27)22-14(25)13-3-2-10-29-13/h2-7,10H,8-9H2,1H3,(H,22,25)(H,23,27). The highest BCUT2D eigenvalue weighted by Crippen LogP contribution is 2.34. The Morgan fingerprint density at radius 1 is 1.24 bits per heavy atom. The van der Waals surface area contributed by atoms with Gasteiger partial charge >= 0.3 is 12.2 Å². The molecule has 1 saturated heterocycles. The average Bonchev–Trinajstić information content (AvgIpc) is 3.29. The predicted octanol–water partition coefficient (Wildman–Crippen LogP) is 2.07. The summed E-state index contributed by atoms with van der Waals surface area (Å²) in [6.07, 6.45) is -4.08. The number of hydrogen-bond acceptors (Lipinski definition) is 5. The van der Waals surface area contributed by atoms with E-state index in [1.165, 1.54) is 13.2 Å². The van der Waals surface area contributed by atoms with Gasteiger partial charge in [0.25, 0.3) is 17.5 Å². The first kappa shape index (κ1) is 20.2. The van der Waals surface area contributed by atoms with E-state index < -0.39 is 35.4 Å². The maximum absolute atomic E-state index is 13.7. The van der Waals surface area contributed by atoms with Crippen LogP contribution in [0, 0.1) is 0 Å². The number of furan rings is 1. The first-order chi connectivity index (χ1) is 13.7. The van der Waals surface area contributed by atoms with Crippen molar-refractivity contribution in [1.29, 1.82) is 0 Å². The van der Waals surface area contributed by atoms with Gasteiger partial charge in [-0.1, -0.05) is 12.1 Å². The first-order valence-corrected chi connectivity index (χ1v) is 8.38. The number of ether oxygens (including phenoxy) is 1. The number of rotatable bonds is 6. The second-order valence-electron chi connectivity index (χ2n) is 6.16. The minimum Gasteiger partial charge on any atom is -0.497 e. The summed E-state index contributed by atoms with van der Waals surface area (Å²) in [5.74, 6) is -2.77. The third-order valence-electron chi connectivity index (χ3n) is 4.36. The summed E-state index contributed by atoms with van der Waals surface area (Å²) in [4.78, 5) is 37.2. The lowest BCUT2D eigenvalue weighted by Crippen LogP contribution is -2.69. The van der Waals surface area contributed by atoms with E-state index in [2.05, 4.69) is 0 Å².